The Morgan fingerprint density at radius 2 is 2.06 bits per heavy atom. The first kappa shape index (κ1) is 11.6. The van der Waals surface area contributed by atoms with E-state index in [0.29, 0.717) is 5.92 Å². The van der Waals surface area contributed by atoms with Crippen LogP contribution in [0.4, 0.5) is 0 Å². The first-order chi connectivity index (χ1) is 7.66. The van der Waals surface area contributed by atoms with Gasteiger partial charge in [0.2, 0.25) is 0 Å². The van der Waals surface area contributed by atoms with E-state index in [2.05, 4.69) is 0 Å². The summed E-state index contributed by atoms with van der Waals surface area (Å²) in [6.07, 6.45) is 5.88. The number of aliphatic hydroxyl groups is 2. The number of aliphatic hydroxyl groups excluding tert-OH is 2. The van der Waals surface area contributed by atoms with Crippen LogP contribution in [-0.2, 0) is 9.53 Å². The van der Waals surface area contributed by atoms with Crippen molar-refractivity contribution >= 4 is 5.97 Å². The van der Waals surface area contributed by atoms with Crippen LogP contribution in [0.3, 0.4) is 0 Å². The van der Waals surface area contributed by atoms with Crippen molar-refractivity contribution in [1.82, 2.24) is 0 Å². The van der Waals surface area contributed by atoms with Gasteiger partial charge in [0.25, 0.3) is 0 Å². The topological polar surface area (TPSA) is 66.8 Å². The van der Waals surface area contributed by atoms with Gasteiger partial charge in [-0.25, -0.2) is 0 Å². The molecular formula is C12H18O4. The quantitative estimate of drug-likeness (QED) is 0.551. The Morgan fingerprint density at radius 3 is 2.62 bits per heavy atom. The predicted molar refractivity (Wildman–Crippen MR) is 57.6 cm³/mol. The predicted octanol–water partition coefficient (Wildman–Crippen LogP) is 0.770. The van der Waals surface area contributed by atoms with Crippen LogP contribution in [0, 0.1) is 5.92 Å². The summed E-state index contributed by atoms with van der Waals surface area (Å²) < 4.78 is 4.86. The fourth-order valence-corrected chi connectivity index (χ4v) is 2.39. The molecule has 4 heteroatoms. The smallest absolute Gasteiger partial charge is 0.309 e. The average Bonchev–Trinajstić information content (AvgIpc) is 2.84. The highest BCUT2D eigenvalue weighted by molar-refractivity contribution is 5.72. The van der Waals surface area contributed by atoms with Gasteiger partial charge in [-0.15, -0.1) is 0 Å². The van der Waals surface area contributed by atoms with Gasteiger partial charge in [-0.05, 0) is 18.8 Å². The lowest BCUT2D eigenvalue weighted by molar-refractivity contribution is -0.145. The van der Waals surface area contributed by atoms with Crippen LogP contribution >= 0.6 is 0 Å². The number of carbonyl (C=O) groups excluding carboxylic acids is 1. The number of hydrogen-bond donors (Lipinski definition) is 2. The molecule has 2 rings (SSSR count). The van der Waals surface area contributed by atoms with E-state index in [9.17, 15) is 15.0 Å². The molecule has 0 aromatic carbocycles. The van der Waals surface area contributed by atoms with E-state index in [1.165, 1.54) is 12.8 Å². The molecule has 0 spiro atoms. The Kier molecular flexibility index (Phi) is 3.61. The summed E-state index contributed by atoms with van der Waals surface area (Å²) in [6.45, 7) is 0. The number of esters is 1. The molecular weight excluding hydrogens is 208 g/mol. The van der Waals surface area contributed by atoms with E-state index in [1.54, 1.807) is 6.08 Å². The molecule has 3 atom stereocenters. The third kappa shape index (κ3) is 2.62. The number of ether oxygens (including phenoxy) is 1. The summed E-state index contributed by atoms with van der Waals surface area (Å²) in [5.74, 6) is 0.0923. The van der Waals surface area contributed by atoms with Gasteiger partial charge in [0.1, 0.15) is 12.2 Å². The van der Waals surface area contributed by atoms with Gasteiger partial charge in [-0.1, -0.05) is 25.0 Å². The number of carbonyl (C=O) groups is 1. The number of cyclic esters (lactones) is 1. The van der Waals surface area contributed by atoms with E-state index < -0.39 is 24.3 Å². The van der Waals surface area contributed by atoms with E-state index in [0.717, 1.165) is 12.8 Å². The monoisotopic (exact) mass is 226 g/mol. The normalized spacial score (nSPS) is 33.5. The van der Waals surface area contributed by atoms with Crippen molar-refractivity contribution < 1.29 is 19.7 Å². The minimum Gasteiger partial charge on any atom is -0.456 e. The minimum atomic E-state index is -0.887. The van der Waals surface area contributed by atoms with Crippen molar-refractivity contribution in [2.75, 3.05) is 0 Å². The fraction of sp³-hybridized carbons (Fsp3) is 0.750. The second-order valence-electron chi connectivity index (χ2n) is 4.65. The number of hydrogen-bond acceptors (Lipinski definition) is 4. The molecule has 1 saturated carbocycles. The first-order valence-electron chi connectivity index (χ1n) is 5.91. The third-order valence-corrected chi connectivity index (χ3v) is 3.34. The molecule has 0 radical (unpaired) electrons. The summed E-state index contributed by atoms with van der Waals surface area (Å²) in [4.78, 5) is 10.9. The van der Waals surface area contributed by atoms with Gasteiger partial charge in [0, 0.05) is 0 Å². The lowest BCUT2D eigenvalue weighted by Gasteiger charge is -2.17. The zero-order valence-electron chi connectivity index (χ0n) is 9.21. The maximum absolute atomic E-state index is 10.9. The van der Waals surface area contributed by atoms with Crippen LogP contribution in [0.15, 0.2) is 12.2 Å². The Morgan fingerprint density at radius 1 is 1.38 bits per heavy atom. The molecule has 0 amide bonds. The van der Waals surface area contributed by atoms with E-state index in [1.807, 2.05) is 6.08 Å². The van der Waals surface area contributed by atoms with Gasteiger partial charge in [-0.3, -0.25) is 4.79 Å². The summed E-state index contributed by atoms with van der Waals surface area (Å²) in [6, 6.07) is 0. The maximum atomic E-state index is 10.9. The van der Waals surface area contributed by atoms with Crippen molar-refractivity contribution in [3.8, 4) is 0 Å². The van der Waals surface area contributed by atoms with Crippen LogP contribution in [-0.4, -0.2) is 34.5 Å². The van der Waals surface area contributed by atoms with E-state index in [4.69, 9.17) is 4.74 Å². The van der Waals surface area contributed by atoms with Crippen molar-refractivity contribution in [3.63, 3.8) is 0 Å². The summed E-state index contributed by atoms with van der Waals surface area (Å²) in [5.41, 5.74) is 0. The molecule has 1 heterocycles. The van der Waals surface area contributed by atoms with Crippen molar-refractivity contribution in [3.05, 3.63) is 12.2 Å². The van der Waals surface area contributed by atoms with Gasteiger partial charge in [0.05, 0.1) is 6.42 Å². The zero-order chi connectivity index (χ0) is 11.5. The van der Waals surface area contributed by atoms with Gasteiger partial charge in [-0.2, -0.15) is 0 Å². The highest BCUT2D eigenvalue weighted by atomic mass is 16.6. The van der Waals surface area contributed by atoms with Crippen LogP contribution in [0.2, 0.25) is 0 Å². The molecule has 0 aromatic rings. The molecule has 4 nitrogen and oxygen atoms in total. The highest BCUT2D eigenvalue weighted by Gasteiger charge is 2.37. The summed E-state index contributed by atoms with van der Waals surface area (Å²) in [7, 11) is 0. The molecule has 2 fully saturated rings. The van der Waals surface area contributed by atoms with Crippen molar-refractivity contribution in [1.29, 1.82) is 0 Å². The van der Waals surface area contributed by atoms with E-state index >= 15 is 0 Å². The first-order valence-corrected chi connectivity index (χ1v) is 5.91. The number of rotatable bonds is 3. The Bertz CT molecular complexity index is 281. The Labute approximate surface area is 94.9 Å². The van der Waals surface area contributed by atoms with E-state index in [-0.39, 0.29) is 6.42 Å². The van der Waals surface area contributed by atoms with Gasteiger partial charge < -0.3 is 14.9 Å². The lowest BCUT2D eigenvalue weighted by Crippen LogP contribution is -2.33. The largest absolute Gasteiger partial charge is 0.456 e. The zero-order valence-corrected chi connectivity index (χ0v) is 9.21. The average molecular weight is 226 g/mol. The van der Waals surface area contributed by atoms with Crippen LogP contribution < -0.4 is 0 Å². The minimum absolute atomic E-state index is 0.0149. The second-order valence-corrected chi connectivity index (χ2v) is 4.65. The Hall–Kier alpha value is -0.870. The second kappa shape index (κ2) is 4.97. The summed E-state index contributed by atoms with van der Waals surface area (Å²) >= 11 is 0. The van der Waals surface area contributed by atoms with Gasteiger partial charge in [0.15, 0.2) is 6.10 Å². The highest BCUT2D eigenvalue weighted by Crippen LogP contribution is 2.26. The molecule has 16 heavy (non-hydrogen) atoms. The molecule has 1 saturated heterocycles. The fourth-order valence-electron chi connectivity index (χ4n) is 2.39. The van der Waals surface area contributed by atoms with Crippen molar-refractivity contribution in [2.45, 2.75) is 50.4 Å². The van der Waals surface area contributed by atoms with Crippen LogP contribution in [0.1, 0.15) is 32.1 Å². The molecule has 1 aliphatic carbocycles. The third-order valence-electron chi connectivity index (χ3n) is 3.34. The summed E-state index contributed by atoms with van der Waals surface area (Å²) in [5, 5.41) is 19.3. The van der Waals surface area contributed by atoms with Crippen LogP contribution in [0.5, 0.6) is 0 Å². The molecule has 2 aliphatic rings. The molecule has 2 N–H and O–H groups in total. The molecule has 0 bridgehead atoms. The van der Waals surface area contributed by atoms with Crippen LogP contribution in [0.25, 0.3) is 0 Å². The molecule has 0 aromatic heterocycles. The standard InChI is InChI=1S/C12H18O4/c13-9(6-5-8-3-1-2-4-8)12-10(14)7-11(15)16-12/h5-6,8-10,12-14H,1-4,7H2/b6-5+/t9-,10+,12+/m1/s1. The Balaban J connectivity index is 1.87. The maximum Gasteiger partial charge on any atom is 0.309 e. The van der Waals surface area contributed by atoms with Crippen molar-refractivity contribution in [2.24, 2.45) is 5.92 Å². The molecule has 1 aliphatic heterocycles. The molecule has 0 unspecified atom stereocenters. The van der Waals surface area contributed by atoms with Gasteiger partial charge >= 0.3 is 5.97 Å². The SMILES string of the molecule is O=C1C[C@H](O)[C@H]([C@H](O)/C=C/C2CCCC2)O1. The lowest BCUT2D eigenvalue weighted by atomic mass is 10.0. The number of allylic oxidation sites excluding steroid dienone is 1. The molecule has 90 valence electrons.